The van der Waals surface area contributed by atoms with Crippen LogP contribution in [0.25, 0.3) is 0 Å². The molecule has 5 aliphatic carbocycles. The lowest BCUT2D eigenvalue weighted by atomic mass is 9.41. The van der Waals surface area contributed by atoms with Gasteiger partial charge in [-0.25, -0.2) is 0 Å². The Bertz CT molecular complexity index is 1200. The molecule has 5 saturated carbocycles. The summed E-state index contributed by atoms with van der Waals surface area (Å²) in [5, 5.41) is 54.2. The highest BCUT2D eigenvalue weighted by Crippen LogP contribution is 2.90. The standard InChI is InChI=1S/C35H56O9/c1-17-12-20-27(30(4,5)40)44-35(43-20)15-32(7)26-18(36)13-21-29(2,3)22(42-28-24(39)23(38)19(37)14-41-28)8-9-33(21)16-34(26,33)11-10-31(32,6)25(17)35/h17-28,36-40H,8-16H2,1-7H3/t17-,18?,19-,20-,21?,22?,23+,24-,25?,26?,27?,28+,31-,32+,33-,34+,35-/m1/s1. The summed E-state index contributed by atoms with van der Waals surface area (Å²) in [7, 11) is 0. The predicted molar refractivity (Wildman–Crippen MR) is 159 cm³/mol. The molecule has 8 fully saturated rings. The highest BCUT2D eigenvalue weighted by Gasteiger charge is 2.87. The van der Waals surface area contributed by atoms with Gasteiger partial charge in [-0.05, 0) is 104 Å². The monoisotopic (exact) mass is 620 g/mol. The molecule has 5 N–H and O–H groups in total. The summed E-state index contributed by atoms with van der Waals surface area (Å²) in [6, 6.07) is 0. The van der Waals surface area contributed by atoms with E-state index in [0.717, 1.165) is 44.9 Å². The maximum Gasteiger partial charge on any atom is 0.186 e. The molecule has 0 aromatic heterocycles. The van der Waals surface area contributed by atoms with Crippen LogP contribution >= 0.6 is 0 Å². The number of rotatable bonds is 3. The maximum absolute atomic E-state index is 12.4. The van der Waals surface area contributed by atoms with Gasteiger partial charge in [0.2, 0.25) is 0 Å². The minimum atomic E-state index is -1.31. The smallest absolute Gasteiger partial charge is 0.186 e. The van der Waals surface area contributed by atoms with Gasteiger partial charge in [-0.3, -0.25) is 0 Å². The van der Waals surface area contributed by atoms with E-state index in [1.54, 1.807) is 0 Å². The number of fused-ring (bicyclic) bond motifs is 4. The van der Waals surface area contributed by atoms with Crippen LogP contribution in [-0.2, 0) is 18.9 Å². The first-order valence-corrected chi connectivity index (χ1v) is 17.4. The first-order valence-electron chi connectivity index (χ1n) is 17.4. The first-order chi connectivity index (χ1) is 20.4. The van der Waals surface area contributed by atoms with Gasteiger partial charge in [0.15, 0.2) is 12.1 Å². The Morgan fingerprint density at radius 3 is 2.23 bits per heavy atom. The topological polar surface area (TPSA) is 138 Å². The van der Waals surface area contributed by atoms with Gasteiger partial charge < -0.3 is 44.5 Å². The zero-order chi connectivity index (χ0) is 31.6. The van der Waals surface area contributed by atoms with Gasteiger partial charge in [0, 0.05) is 12.3 Å². The van der Waals surface area contributed by atoms with Gasteiger partial charge in [-0.15, -0.1) is 0 Å². The van der Waals surface area contributed by atoms with Gasteiger partial charge in [0.25, 0.3) is 0 Å². The van der Waals surface area contributed by atoms with Crippen molar-refractivity contribution >= 4 is 0 Å². The largest absolute Gasteiger partial charge is 0.393 e. The van der Waals surface area contributed by atoms with Crippen LogP contribution in [0, 0.1) is 50.7 Å². The SMILES string of the molecule is C[C@@H]1C[C@H]2O[C@]3(C[C@@]4(C)C5C(O)CC6C(C)(C)C(O[C@@H]7OC[C@@H](O)[C@H](O)[C@H]7O)CC[C@@]67C[C@@]57CC[C@]4(C)C13)OC2C(C)(C)O. The Morgan fingerprint density at radius 2 is 1.52 bits per heavy atom. The summed E-state index contributed by atoms with van der Waals surface area (Å²) in [6.07, 6.45) is 1.70. The van der Waals surface area contributed by atoms with Crippen molar-refractivity contribution in [3.8, 4) is 0 Å². The van der Waals surface area contributed by atoms with Crippen molar-refractivity contribution < 1.29 is 44.5 Å². The Kier molecular flexibility index (Phi) is 6.33. The van der Waals surface area contributed by atoms with E-state index in [4.69, 9.17) is 18.9 Å². The van der Waals surface area contributed by atoms with Crippen LogP contribution in [-0.4, -0.2) is 92.5 Å². The molecule has 3 spiro atoms. The molecule has 8 rings (SSSR count). The maximum atomic E-state index is 12.4. The average molecular weight is 621 g/mol. The molecule has 6 unspecified atom stereocenters. The van der Waals surface area contributed by atoms with Gasteiger partial charge in [0.05, 0.1) is 30.5 Å². The highest BCUT2D eigenvalue weighted by atomic mass is 16.8. The zero-order valence-electron chi connectivity index (χ0n) is 27.7. The number of ether oxygens (including phenoxy) is 4. The summed E-state index contributed by atoms with van der Waals surface area (Å²) in [5.41, 5.74) is -1.28. The molecule has 3 aliphatic heterocycles. The fraction of sp³-hybridized carbons (Fsp3) is 1.00. The quantitative estimate of drug-likeness (QED) is 0.301. The van der Waals surface area contributed by atoms with Crippen LogP contribution in [0.5, 0.6) is 0 Å². The van der Waals surface area contributed by atoms with Crippen molar-refractivity contribution in [1.82, 2.24) is 0 Å². The molecule has 9 nitrogen and oxygen atoms in total. The first kappa shape index (κ1) is 30.9. The van der Waals surface area contributed by atoms with E-state index in [2.05, 4.69) is 34.6 Å². The van der Waals surface area contributed by atoms with Crippen molar-refractivity contribution in [3.05, 3.63) is 0 Å². The molecule has 8 aliphatic rings. The van der Waals surface area contributed by atoms with Crippen LogP contribution in [0.4, 0.5) is 0 Å². The van der Waals surface area contributed by atoms with Gasteiger partial charge in [-0.1, -0.05) is 34.6 Å². The average Bonchev–Trinajstić information content (AvgIpc) is 3.38. The minimum Gasteiger partial charge on any atom is -0.393 e. The molecule has 44 heavy (non-hydrogen) atoms. The fourth-order valence-corrected chi connectivity index (χ4v) is 14.0. The molecule has 0 amide bonds. The molecule has 9 heteroatoms. The van der Waals surface area contributed by atoms with Crippen molar-refractivity contribution in [2.45, 2.75) is 160 Å². The van der Waals surface area contributed by atoms with Crippen molar-refractivity contribution in [2.24, 2.45) is 50.7 Å². The molecule has 2 bridgehead atoms. The van der Waals surface area contributed by atoms with E-state index in [1.165, 1.54) is 0 Å². The Labute approximate surface area is 262 Å². The Morgan fingerprint density at radius 1 is 0.795 bits per heavy atom. The Balaban J connectivity index is 1.10. The van der Waals surface area contributed by atoms with E-state index in [-0.39, 0.29) is 69.7 Å². The van der Waals surface area contributed by atoms with Crippen molar-refractivity contribution in [3.63, 3.8) is 0 Å². The number of aliphatic hydroxyl groups is 5. The molecule has 250 valence electrons. The van der Waals surface area contributed by atoms with Crippen LogP contribution in [0.2, 0.25) is 0 Å². The summed E-state index contributed by atoms with van der Waals surface area (Å²) >= 11 is 0. The van der Waals surface area contributed by atoms with Crippen LogP contribution in [0.1, 0.15) is 99.8 Å². The second-order valence-electron chi connectivity index (χ2n) is 18.4. The fourth-order valence-electron chi connectivity index (χ4n) is 14.0. The summed E-state index contributed by atoms with van der Waals surface area (Å²) < 4.78 is 25.9. The van der Waals surface area contributed by atoms with E-state index in [1.807, 2.05) is 13.8 Å². The molecule has 17 atom stereocenters. The lowest BCUT2D eigenvalue weighted by Gasteiger charge is -2.64. The van der Waals surface area contributed by atoms with Gasteiger partial charge in [0.1, 0.15) is 24.4 Å². The number of aliphatic hydroxyl groups excluding tert-OH is 4. The molecule has 3 saturated heterocycles. The second kappa shape index (κ2) is 9.00. The number of hydrogen-bond donors (Lipinski definition) is 5. The second-order valence-corrected chi connectivity index (χ2v) is 18.4. The molecule has 3 heterocycles. The van der Waals surface area contributed by atoms with Crippen LogP contribution in [0.15, 0.2) is 0 Å². The van der Waals surface area contributed by atoms with Crippen LogP contribution < -0.4 is 0 Å². The highest BCUT2D eigenvalue weighted by molar-refractivity contribution is 5.34. The summed E-state index contributed by atoms with van der Waals surface area (Å²) in [6.45, 7) is 15.4. The van der Waals surface area contributed by atoms with Crippen molar-refractivity contribution in [2.75, 3.05) is 6.61 Å². The molecule has 0 radical (unpaired) electrons. The van der Waals surface area contributed by atoms with E-state index in [9.17, 15) is 25.5 Å². The zero-order valence-corrected chi connectivity index (χ0v) is 27.7. The summed E-state index contributed by atoms with van der Waals surface area (Å²) in [4.78, 5) is 0. The third kappa shape index (κ3) is 3.53. The molecular weight excluding hydrogens is 564 g/mol. The van der Waals surface area contributed by atoms with Crippen molar-refractivity contribution in [1.29, 1.82) is 0 Å². The molecular formula is C35H56O9. The van der Waals surface area contributed by atoms with E-state index < -0.39 is 42.1 Å². The normalized spacial score (nSPS) is 62.2. The summed E-state index contributed by atoms with van der Waals surface area (Å²) in [5.74, 6) is 0.319. The number of hydrogen-bond acceptors (Lipinski definition) is 9. The minimum absolute atomic E-state index is 0.0465. The van der Waals surface area contributed by atoms with Gasteiger partial charge >= 0.3 is 0 Å². The Hall–Kier alpha value is -0.360. The van der Waals surface area contributed by atoms with Gasteiger partial charge in [-0.2, -0.15) is 0 Å². The van der Waals surface area contributed by atoms with Crippen LogP contribution in [0.3, 0.4) is 0 Å². The third-order valence-corrected chi connectivity index (χ3v) is 15.7. The lowest BCUT2D eigenvalue weighted by molar-refractivity contribution is -0.304. The predicted octanol–water partition coefficient (Wildman–Crippen LogP) is 3.12. The van der Waals surface area contributed by atoms with E-state index in [0.29, 0.717) is 12.3 Å². The molecule has 0 aromatic carbocycles. The molecule has 0 aromatic rings. The third-order valence-electron chi connectivity index (χ3n) is 15.7. The van der Waals surface area contributed by atoms with E-state index >= 15 is 0 Å². The lowest BCUT2D eigenvalue weighted by Crippen LogP contribution is -2.63.